The van der Waals surface area contributed by atoms with E-state index in [4.69, 9.17) is 23.2 Å². The summed E-state index contributed by atoms with van der Waals surface area (Å²) < 4.78 is 1.80. The van der Waals surface area contributed by atoms with Gasteiger partial charge in [-0.3, -0.25) is 9.67 Å². The third-order valence-electron chi connectivity index (χ3n) is 3.56. The van der Waals surface area contributed by atoms with Crippen molar-refractivity contribution in [3.63, 3.8) is 0 Å². The Morgan fingerprint density at radius 1 is 1.38 bits per heavy atom. The van der Waals surface area contributed by atoms with E-state index in [1.807, 2.05) is 45.4 Å². The molecule has 0 aliphatic heterocycles. The summed E-state index contributed by atoms with van der Waals surface area (Å²) in [6.07, 6.45) is 4.72. The van der Waals surface area contributed by atoms with Crippen LogP contribution in [0.2, 0.25) is 10.0 Å². The van der Waals surface area contributed by atoms with Crippen LogP contribution in [0.15, 0.2) is 35.6 Å². The van der Waals surface area contributed by atoms with Gasteiger partial charge in [-0.05, 0) is 43.5 Å². The normalized spacial score (nSPS) is 13.0. The van der Waals surface area contributed by atoms with E-state index in [9.17, 15) is 0 Å². The molecule has 0 fully saturated rings. The summed E-state index contributed by atoms with van der Waals surface area (Å²) in [5.74, 6) is 0.764. The van der Waals surface area contributed by atoms with Crippen molar-refractivity contribution < 1.29 is 0 Å². The Morgan fingerprint density at radius 3 is 2.79 bits per heavy atom. The molecule has 130 valence electrons. The number of hydrogen-bond donors (Lipinski definition) is 2. The Kier molecular flexibility index (Phi) is 6.94. The standard InChI is InChI=1S/C17H23Cl2N5/c1-4-20-17(21-8-7-13-10-22-24(3)11-13)23-12(2)15-6-5-14(18)9-16(15)19/h5-6,9-12H,4,7-8H2,1-3H3,(H2,20,21,23). The molecule has 0 saturated heterocycles. The first-order chi connectivity index (χ1) is 11.5. The molecule has 7 heteroatoms. The Hall–Kier alpha value is -1.72. The highest BCUT2D eigenvalue weighted by atomic mass is 35.5. The van der Waals surface area contributed by atoms with Crippen molar-refractivity contribution in [3.8, 4) is 0 Å². The predicted molar refractivity (Wildman–Crippen MR) is 101 cm³/mol. The molecule has 0 aliphatic carbocycles. The Morgan fingerprint density at radius 2 is 2.17 bits per heavy atom. The van der Waals surface area contributed by atoms with Crippen LogP contribution in [-0.2, 0) is 13.5 Å². The molecule has 0 bridgehead atoms. The number of aromatic nitrogens is 2. The van der Waals surface area contributed by atoms with E-state index < -0.39 is 0 Å². The summed E-state index contributed by atoms with van der Waals surface area (Å²) in [7, 11) is 1.91. The van der Waals surface area contributed by atoms with Gasteiger partial charge in [-0.1, -0.05) is 29.3 Å². The van der Waals surface area contributed by atoms with E-state index in [1.165, 1.54) is 5.56 Å². The smallest absolute Gasteiger partial charge is 0.191 e. The van der Waals surface area contributed by atoms with E-state index >= 15 is 0 Å². The molecular formula is C17H23Cl2N5. The third kappa shape index (κ3) is 5.42. The first-order valence-electron chi connectivity index (χ1n) is 7.97. The first-order valence-corrected chi connectivity index (χ1v) is 8.72. The van der Waals surface area contributed by atoms with Gasteiger partial charge in [0.2, 0.25) is 0 Å². The number of aliphatic imine (C=N–C) groups is 1. The Labute approximate surface area is 153 Å². The molecule has 1 atom stereocenters. The van der Waals surface area contributed by atoms with Crippen LogP contribution in [0.25, 0.3) is 0 Å². The van der Waals surface area contributed by atoms with Crippen LogP contribution in [0.3, 0.4) is 0 Å². The highest BCUT2D eigenvalue weighted by Crippen LogP contribution is 2.25. The van der Waals surface area contributed by atoms with Crippen molar-refractivity contribution in [2.45, 2.75) is 26.3 Å². The summed E-state index contributed by atoms with van der Waals surface area (Å²) in [6.45, 7) is 5.56. The fourth-order valence-corrected chi connectivity index (χ4v) is 2.93. The van der Waals surface area contributed by atoms with Crippen molar-refractivity contribution in [3.05, 3.63) is 51.8 Å². The van der Waals surface area contributed by atoms with Crippen LogP contribution in [0.4, 0.5) is 0 Å². The fourth-order valence-electron chi connectivity index (χ4n) is 2.35. The van der Waals surface area contributed by atoms with Gasteiger partial charge < -0.3 is 10.6 Å². The zero-order valence-corrected chi connectivity index (χ0v) is 15.7. The van der Waals surface area contributed by atoms with Gasteiger partial charge in [0.1, 0.15) is 0 Å². The second kappa shape index (κ2) is 8.94. The summed E-state index contributed by atoms with van der Waals surface area (Å²) >= 11 is 12.2. The van der Waals surface area contributed by atoms with Gasteiger partial charge in [-0.2, -0.15) is 5.10 Å². The lowest BCUT2D eigenvalue weighted by Crippen LogP contribution is -2.39. The number of nitrogens with zero attached hydrogens (tertiary/aromatic N) is 3. The molecular weight excluding hydrogens is 345 g/mol. The molecule has 1 heterocycles. The van der Waals surface area contributed by atoms with Crippen molar-refractivity contribution in [2.24, 2.45) is 12.0 Å². The average molecular weight is 368 g/mol. The Balaban J connectivity index is 1.99. The van der Waals surface area contributed by atoms with Crippen molar-refractivity contribution in [2.75, 3.05) is 13.1 Å². The zero-order valence-electron chi connectivity index (χ0n) is 14.2. The number of nitrogens with one attached hydrogen (secondary N) is 2. The number of aryl methyl sites for hydroxylation is 1. The minimum atomic E-state index is 0.0194. The molecule has 5 nitrogen and oxygen atoms in total. The van der Waals surface area contributed by atoms with E-state index in [2.05, 4.69) is 20.7 Å². The maximum absolute atomic E-state index is 6.28. The maximum atomic E-state index is 6.28. The van der Waals surface area contributed by atoms with Crippen molar-refractivity contribution in [1.29, 1.82) is 0 Å². The Bertz CT molecular complexity index is 696. The predicted octanol–water partition coefficient (Wildman–Crippen LogP) is 3.59. The van der Waals surface area contributed by atoms with Gasteiger partial charge in [0.15, 0.2) is 5.96 Å². The van der Waals surface area contributed by atoms with Crippen LogP contribution in [0.5, 0.6) is 0 Å². The molecule has 1 aromatic heterocycles. The topological polar surface area (TPSA) is 54.2 Å². The molecule has 0 spiro atoms. The van der Waals surface area contributed by atoms with Crippen LogP contribution in [0, 0.1) is 0 Å². The third-order valence-corrected chi connectivity index (χ3v) is 4.12. The monoisotopic (exact) mass is 367 g/mol. The highest BCUT2D eigenvalue weighted by Gasteiger charge is 2.11. The molecule has 0 radical (unpaired) electrons. The first kappa shape index (κ1) is 18.6. The largest absolute Gasteiger partial charge is 0.357 e. The van der Waals surface area contributed by atoms with Crippen molar-refractivity contribution in [1.82, 2.24) is 20.4 Å². The lowest BCUT2D eigenvalue weighted by atomic mass is 10.1. The number of guanidine groups is 1. The van der Waals surface area contributed by atoms with Crippen LogP contribution < -0.4 is 10.6 Å². The fraction of sp³-hybridized carbons (Fsp3) is 0.412. The second-order valence-corrected chi connectivity index (χ2v) is 6.41. The van der Waals surface area contributed by atoms with E-state index in [0.29, 0.717) is 16.6 Å². The van der Waals surface area contributed by atoms with Crippen molar-refractivity contribution >= 4 is 29.2 Å². The molecule has 0 saturated carbocycles. The van der Waals surface area contributed by atoms with Crippen LogP contribution >= 0.6 is 23.2 Å². The maximum Gasteiger partial charge on any atom is 0.191 e. The van der Waals surface area contributed by atoms with Crippen LogP contribution in [0.1, 0.15) is 31.0 Å². The molecule has 0 aliphatic rings. The van der Waals surface area contributed by atoms with Gasteiger partial charge in [0.05, 0.1) is 12.2 Å². The summed E-state index contributed by atoms with van der Waals surface area (Å²) in [6, 6.07) is 5.55. The molecule has 1 aromatic carbocycles. The molecule has 0 amide bonds. The summed E-state index contributed by atoms with van der Waals surface area (Å²) in [5.41, 5.74) is 2.16. The number of halogens is 2. The quantitative estimate of drug-likeness (QED) is 0.605. The zero-order chi connectivity index (χ0) is 17.5. The number of benzene rings is 1. The minimum absolute atomic E-state index is 0.0194. The molecule has 24 heavy (non-hydrogen) atoms. The van der Waals surface area contributed by atoms with E-state index in [1.54, 1.807) is 10.7 Å². The van der Waals surface area contributed by atoms with E-state index in [-0.39, 0.29) is 6.04 Å². The van der Waals surface area contributed by atoms with Gasteiger partial charge in [-0.25, -0.2) is 0 Å². The van der Waals surface area contributed by atoms with Gasteiger partial charge in [-0.15, -0.1) is 0 Å². The molecule has 1 unspecified atom stereocenters. The van der Waals surface area contributed by atoms with Gasteiger partial charge >= 0.3 is 0 Å². The summed E-state index contributed by atoms with van der Waals surface area (Å²) in [4.78, 5) is 4.62. The lowest BCUT2D eigenvalue weighted by molar-refractivity contribution is 0.686. The van der Waals surface area contributed by atoms with Gasteiger partial charge in [0, 0.05) is 36.4 Å². The molecule has 2 aromatic rings. The van der Waals surface area contributed by atoms with Crippen LogP contribution in [-0.4, -0.2) is 28.8 Å². The lowest BCUT2D eigenvalue weighted by Gasteiger charge is -2.19. The summed E-state index contributed by atoms with van der Waals surface area (Å²) in [5, 5.41) is 12.1. The number of hydrogen-bond acceptors (Lipinski definition) is 2. The highest BCUT2D eigenvalue weighted by molar-refractivity contribution is 6.35. The van der Waals surface area contributed by atoms with Gasteiger partial charge in [0.25, 0.3) is 0 Å². The number of rotatable bonds is 6. The average Bonchev–Trinajstić information content (AvgIpc) is 2.92. The van der Waals surface area contributed by atoms with E-state index in [0.717, 1.165) is 24.5 Å². The SMILES string of the molecule is CCNC(=NCCc1cnn(C)c1)NC(C)c1ccc(Cl)cc1Cl. The second-order valence-electron chi connectivity index (χ2n) is 5.56. The minimum Gasteiger partial charge on any atom is -0.357 e. The molecule has 2 N–H and O–H groups in total. The molecule has 2 rings (SSSR count).